The van der Waals surface area contributed by atoms with Gasteiger partial charge in [0, 0.05) is 24.1 Å². The molecular formula is C9H12F3N3OS. The first-order valence-corrected chi connectivity index (χ1v) is 6.12. The van der Waals surface area contributed by atoms with E-state index in [1.54, 1.807) is 19.9 Å². The summed E-state index contributed by atoms with van der Waals surface area (Å²) in [6.45, 7) is 3.39. The smallest absolute Gasteiger partial charge is 0.369 e. The van der Waals surface area contributed by atoms with Crippen molar-refractivity contribution in [3.63, 3.8) is 0 Å². The lowest BCUT2D eigenvalue weighted by atomic mass is 10.4. The summed E-state index contributed by atoms with van der Waals surface area (Å²) in [6.07, 6.45) is 0. The van der Waals surface area contributed by atoms with Gasteiger partial charge in [0.1, 0.15) is 22.4 Å². The number of halogens is 3. The van der Waals surface area contributed by atoms with Gasteiger partial charge in [-0.1, -0.05) is 0 Å². The van der Waals surface area contributed by atoms with E-state index in [1.165, 1.54) is 0 Å². The topological polar surface area (TPSA) is 54.9 Å². The monoisotopic (exact) mass is 267 g/mol. The van der Waals surface area contributed by atoms with E-state index >= 15 is 0 Å². The first kappa shape index (κ1) is 13.9. The Morgan fingerprint density at radius 3 is 2.53 bits per heavy atom. The van der Waals surface area contributed by atoms with Crippen LogP contribution in [0.1, 0.15) is 11.5 Å². The number of aryl methyl sites for hydroxylation is 2. The Hall–Kier alpha value is -1.18. The van der Waals surface area contributed by atoms with E-state index in [2.05, 4.69) is 15.3 Å². The fourth-order valence-corrected chi connectivity index (χ4v) is 1.71. The maximum absolute atomic E-state index is 11.9. The van der Waals surface area contributed by atoms with Crippen LogP contribution in [0.15, 0.2) is 6.07 Å². The van der Waals surface area contributed by atoms with E-state index in [0.717, 1.165) is 5.69 Å². The number of aromatic nitrogens is 2. The predicted molar refractivity (Wildman–Crippen MR) is 59.1 cm³/mol. The summed E-state index contributed by atoms with van der Waals surface area (Å²) in [5, 5.41) is 2.69. The molecule has 0 aliphatic heterocycles. The largest absolute Gasteiger partial charge is 0.471 e. The molecule has 1 atom stereocenters. The normalized spacial score (nSPS) is 13.5. The minimum Gasteiger partial charge on any atom is -0.369 e. The molecule has 96 valence electrons. The van der Waals surface area contributed by atoms with E-state index in [0.29, 0.717) is 11.6 Å². The third kappa shape index (κ3) is 4.68. The lowest BCUT2D eigenvalue weighted by Gasteiger charge is -2.08. The Balaban J connectivity index is 2.49. The van der Waals surface area contributed by atoms with Gasteiger partial charge in [-0.2, -0.15) is 13.2 Å². The highest BCUT2D eigenvalue weighted by Crippen LogP contribution is 2.19. The van der Waals surface area contributed by atoms with E-state index in [1.807, 2.05) is 0 Å². The summed E-state index contributed by atoms with van der Waals surface area (Å²) in [6, 6.07) is 1.61. The zero-order chi connectivity index (χ0) is 13.1. The third-order valence-corrected chi connectivity index (χ3v) is 2.91. The Bertz CT molecular complexity index is 402. The van der Waals surface area contributed by atoms with Crippen molar-refractivity contribution in [2.75, 3.05) is 17.6 Å². The van der Waals surface area contributed by atoms with Gasteiger partial charge in [-0.3, -0.25) is 4.21 Å². The lowest BCUT2D eigenvalue weighted by Crippen LogP contribution is -2.23. The number of anilines is 1. The molecule has 8 heteroatoms. The zero-order valence-corrected chi connectivity index (χ0v) is 10.2. The number of rotatable bonds is 4. The van der Waals surface area contributed by atoms with Gasteiger partial charge in [-0.25, -0.2) is 9.97 Å². The fourth-order valence-electron chi connectivity index (χ4n) is 1.20. The standard InChI is InChI=1S/C9H12F3N3OS/c1-6-5-8(15-7(2)14-6)13-3-4-17(16)9(10,11)12/h5H,3-4H2,1-2H3,(H,13,14,15). The molecule has 4 nitrogen and oxygen atoms in total. The van der Waals surface area contributed by atoms with Crippen LogP contribution < -0.4 is 5.32 Å². The van der Waals surface area contributed by atoms with E-state index < -0.39 is 22.1 Å². The number of hydrogen-bond acceptors (Lipinski definition) is 4. The molecule has 0 saturated heterocycles. The number of nitrogens with zero attached hydrogens (tertiary/aromatic N) is 2. The van der Waals surface area contributed by atoms with Crippen molar-refractivity contribution in [3.8, 4) is 0 Å². The number of alkyl halides is 3. The SMILES string of the molecule is Cc1cc(NCCS(=O)C(F)(F)F)nc(C)n1. The molecule has 0 fully saturated rings. The van der Waals surface area contributed by atoms with Gasteiger partial charge in [0.2, 0.25) is 0 Å². The second-order valence-electron chi connectivity index (χ2n) is 3.36. The Morgan fingerprint density at radius 1 is 1.35 bits per heavy atom. The molecule has 1 heterocycles. The van der Waals surface area contributed by atoms with Gasteiger partial charge >= 0.3 is 5.51 Å². The maximum Gasteiger partial charge on any atom is 0.471 e. The van der Waals surface area contributed by atoms with Gasteiger partial charge in [0.05, 0.1) is 0 Å². The fraction of sp³-hybridized carbons (Fsp3) is 0.556. The van der Waals surface area contributed by atoms with Crippen molar-refractivity contribution in [1.82, 2.24) is 9.97 Å². The number of hydrogen-bond donors (Lipinski definition) is 1. The van der Waals surface area contributed by atoms with Crippen molar-refractivity contribution in [3.05, 3.63) is 17.6 Å². The van der Waals surface area contributed by atoms with E-state index in [4.69, 9.17) is 0 Å². The minimum absolute atomic E-state index is 0.0536. The van der Waals surface area contributed by atoms with Crippen LogP contribution in [-0.4, -0.2) is 32.0 Å². The Kier molecular flexibility index (Phi) is 4.44. The zero-order valence-electron chi connectivity index (χ0n) is 9.34. The van der Waals surface area contributed by atoms with Gasteiger partial charge in [0.25, 0.3) is 0 Å². The molecule has 0 saturated carbocycles. The summed E-state index contributed by atoms with van der Waals surface area (Å²) >= 11 is 0. The summed E-state index contributed by atoms with van der Waals surface area (Å²) in [5.74, 6) is 0.476. The summed E-state index contributed by atoms with van der Waals surface area (Å²) in [5.41, 5.74) is -3.93. The van der Waals surface area contributed by atoms with Crippen LogP contribution in [0.2, 0.25) is 0 Å². The molecule has 1 unspecified atom stereocenters. The molecule has 1 aromatic heterocycles. The molecule has 0 aliphatic rings. The number of nitrogens with one attached hydrogen (secondary N) is 1. The van der Waals surface area contributed by atoms with Crippen molar-refractivity contribution >= 4 is 16.6 Å². The molecule has 0 radical (unpaired) electrons. The first-order chi connectivity index (χ1) is 7.79. The third-order valence-electron chi connectivity index (χ3n) is 1.82. The molecule has 0 aromatic carbocycles. The second-order valence-corrected chi connectivity index (χ2v) is 4.93. The highest BCUT2D eigenvalue weighted by atomic mass is 32.2. The van der Waals surface area contributed by atoms with Crippen LogP contribution in [0.5, 0.6) is 0 Å². The van der Waals surface area contributed by atoms with Crippen LogP contribution >= 0.6 is 0 Å². The molecule has 0 spiro atoms. The lowest BCUT2D eigenvalue weighted by molar-refractivity contribution is -0.0383. The first-order valence-electron chi connectivity index (χ1n) is 4.80. The van der Waals surface area contributed by atoms with Gasteiger partial charge < -0.3 is 5.32 Å². The molecule has 0 aliphatic carbocycles. The maximum atomic E-state index is 11.9. The highest BCUT2D eigenvalue weighted by Gasteiger charge is 2.35. The molecular weight excluding hydrogens is 255 g/mol. The Morgan fingerprint density at radius 2 is 2.00 bits per heavy atom. The molecule has 17 heavy (non-hydrogen) atoms. The average molecular weight is 267 g/mol. The van der Waals surface area contributed by atoms with Crippen LogP contribution in [0.3, 0.4) is 0 Å². The van der Waals surface area contributed by atoms with Gasteiger partial charge in [-0.05, 0) is 13.8 Å². The quantitative estimate of drug-likeness (QED) is 0.903. The summed E-state index contributed by atoms with van der Waals surface area (Å²) < 4.78 is 46.6. The van der Waals surface area contributed by atoms with Crippen molar-refractivity contribution in [1.29, 1.82) is 0 Å². The van der Waals surface area contributed by atoms with Crippen molar-refractivity contribution in [2.45, 2.75) is 19.4 Å². The van der Waals surface area contributed by atoms with E-state index in [-0.39, 0.29) is 6.54 Å². The molecule has 1 N–H and O–H groups in total. The molecule has 1 rings (SSSR count). The highest BCUT2D eigenvalue weighted by molar-refractivity contribution is 7.85. The molecule has 0 bridgehead atoms. The van der Waals surface area contributed by atoms with Gasteiger partial charge in [-0.15, -0.1) is 0 Å². The van der Waals surface area contributed by atoms with Crippen molar-refractivity contribution < 1.29 is 17.4 Å². The molecule has 1 aromatic rings. The summed E-state index contributed by atoms with van der Waals surface area (Å²) in [4.78, 5) is 8.02. The van der Waals surface area contributed by atoms with Gasteiger partial charge in [0.15, 0.2) is 0 Å². The minimum atomic E-state index is -4.65. The molecule has 0 amide bonds. The Labute approximate surface area is 99.1 Å². The van der Waals surface area contributed by atoms with Crippen molar-refractivity contribution in [2.24, 2.45) is 0 Å². The van der Waals surface area contributed by atoms with Crippen LogP contribution in [0.4, 0.5) is 19.0 Å². The van der Waals surface area contributed by atoms with Crippen LogP contribution in [-0.2, 0) is 10.8 Å². The average Bonchev–Trinajstić information content (AvgIpc) is 2.14. The van der Waals surface area contributed by atoms with Crippen LogP contribution in [0.25, 0.3) is 0 Å². The predicted octanol–water partition coefficient (Wildman–Crippen LogP) is 1.77. The second kappa shape index (κ2) is 5.44. The summed E-state index contributed by atoms with van der Waals surface area (Å²) in [7, 11) is -2.83. The van der Waals surface area contributed by atoms with E-state index in [9.17, 15) is 17.4 Å². The van der Waals surface area contributed by atoms with Crippen LogP contribution in [0, 0.1) is 13.8 Å².